The van der Waals surface area contributed by atoms with Gasteiger partial charge in [0.1, 0.15) is 5.82 Å². The van der Waals surface area contributed by atoms with Crippen LogP contribution in [-0.4, -0.2) is 29.9 Å². The van der Waals surface area contributed by atoms with Gasteiger partial charge in [0.2, 0.25) is 0 Å². The number of carbonyl (C=O) groups is 2. The molecule has 0 spiro atoms. The van der Waals surface area contributed by atoms with Gasteiger partial charge >= 0.3 is 5.97 Å². The number of allylic oxidation sites excluding steroid dienone is 1. The first kappa shape index (κ1) is 18.6. The fourth-order valence-electron chi connectivity index (χ4n) is 3.77. The van der Waals surface area contributed by atoms with E-state index < -0.39 is 11.8 Å². The van der Waals surface area contributed by atoms with Gasteiger partial charge in [-0.25, -0.2) is 9.18 Å². The molecule has 1 fully saturated rings. The summed E-state index contributed by atoms with van der Waals surface area (Å²) in [5.41, 5.74) is 0.971. The summed E-state index contributed by atoms with van der Waals surface area (Å²) in [6.07, 6.45) is 6.40. The standard InChI is InChI=1S/C20H21ClFNO3/c1-12-18(20(25)26-2)15(11-14-16(21)9-6-10-17(14)22)19(24)23(12)13-7-4-3-5-8-13/h6,9-11,13H,3-5,7-8H2,1-2H3/b15-11+. The van der Waals surface area contributed by atoms with Crippen molar-refractivity contribution in [2.75, 3.05) is 7.11 Å². The fraction of sp³-hybridized carbons (Fsp3) is 0.400. The quantitative estimate of drug-likeness (QED) is 0.576. The third-order valence-corrected chi connectivity index (χ3v) is 5.39. The van der Waals surface area contributed by atoms with Crippen molar-refractivity contribution in [3.05, 3.63) is 51.4 Å². The van der Waals surface area contributed by atoms with E-state index in [1.165, 1.54) is 25.3 Å². The predicted octanol–water partition coefficient (Wildman–Crippen LogP) is 4.48. The number of halogens is 2. The van der Waals surface area contributed by atoms with Gasteiger partial charge in [0, 0.05) is 17.3 Å². The number of hydrogen-bond donors (Lipinski definition) is 0. The lowest BCUT2D eigenvalue weighted by atomic mass is 9.94. The van der Waals surface area contributed by atoms with Gasteiger partial charge in [-0.3, -0.25) is 4.79 Å². The SMILES string of the molecule is COC(=O)C1=C(C)N(C2CCCCC2)C(=O)/C1=C/c1c(F)cccc1Cl. The Labute approximate surface area is 157 Å². The van der Waals surface area contributed by atoms with Crippen molar-refractivity contribution in [2.45, 2.75) is 45.1 Å². The first-order chi connectivity index (χ1) is 12.5. The first-order valence-electron chi connectivity index (χ1n) is 8.74. The molecule has 1 amide bonds. The van der Waals surface area contributed by atoms with Crippen molar-refractivity contribution in [2.24, 2.45) is 0 Å². The summed E-state index contributed by atoms with van der Waals surface area (Å²) in [4.78, 5) is 27.1. The Morgan fingerprint density at radius 3 is 2.62 bits per heavy atom. The number of esters is 1. The maximum absolute atomic E-state index is 14.2. The van der Waals surface area contributed by atoms with Gasteiger partial charge in [-0.15, -0.1) is 0 Å². The second-order valence-corrected chi connectivity index (χ2v) is 7.02. The van der Waals surface area contributed by atoms with Crippen molar-refractivity contribution in [3.8, 4) is 0 Å². The van der Waals surface area contributed by atoms with Crippen LogP contribution in [0.5, 0.6) is 0 Å². The molecule has 4 nitrogen and oxygen atoms in total. The van der Waals surface area contributed by atoms with Crippen LogP contribution in [0.1, 0.15) is 44.6 Å². The molecule has 0 radical (unpaired) electrons. The molecule has 0 unspecified atom stereocenters. The molecule has 0 saturated heterocycles. The summed E-state index contributed by atoms with van der Waals surface area (Å²) in [6.45, 7) is 1.74. The van der Waals surface area contributed by atoms with Crippen molar-refractivity contribution >= 4 is 29.6 Å². The van der Waals surface area contributed by atoms with Crippen molar-refractivity contribution in [1.29, 1.82) is 0 Å². The summed E-state index contributed by atoms with van der Waals surface area (Å²) < 4.78 is 19.1. The highest BCUT2D eigenvalue weighted by Crippen LogP contribution is 2.37. The minimum absolute atomic E-state index is 0.0536. The molecular weight excluding hydrogens is 357 g/mol. The van der Waals surface area contributed by atoms with Gasteiger partial charge in [-0.05, 0) is 38.0 Å². The molecule has 0 N–H and O–H groups in total. The van der Waals surface area contributed by atoms with Crippen LogP contribution in [0.25, 0.3) is 6.08 Å². The number of ether oxygens (including phenoxy) is 1. The minimum Gasteiger partial charge on any atom is -0.465 e. The molecule has 26 heavy (non-hydrogen) atoms. The van der Waals surface area contributed by atoms with Gasteiger partial charge in [-0.2, -0.15) is 0 Å². The maximum Gasteiger partial charge on any atom is 0.340 e. The van der Waals surface area contributed by atoms with E-state index in [-0.39, 0.29) is 33.7 Å². The van der Waals surface area contributed by atoms with E-state index >= 15 is 0 Å². The van der Waals surface area contributed by atoms with Crippen molar-refractivity contribution in [3.63, 3.8) is 0 Å². The molecule has 0 bridgehead atoms. The Balaban J connectivity index is 2.10. The second kappa shape index (κ2) is 7.62. The zero-order chi connectivity index (χ0) is 18.8. The molecule has 2 aliphatic rings. The summed E-state index contributed by atoms with van der Waals surface area (Å²) in [5, 5.41) is 0.184. The number of rotatable bonds is 3. The second-order valence-electron chi connectivity index (χ2n) is 6.61. The average molecular weight is 378 g/mol. The van der Waals surface area contributed by atoms with Crippen LogP contribution in [0.3, 0.4) is 0 Å². The molecule has 1 aliphatic carbocycles. The molecule has 6 heteroatoms. The molecule has 1 saturated carbocycles. The van der Waals surface area contributed by atoms with Crippen LogP contribution in [0.4, 0.5) is 4.39 Å². The summed E-state index contributed by atoms with van der Waals surface area (Å²) in [7, 11) is 1.27. The predicted molar refractivity (Wildman–Crippen MR) is 97.8 cm³/mol. The Hall–Kier alpha value is -2.14. The van der Waals surface area contributed by atoms with Gasteiger partial charge in [0.25, 0.3) is 5.91 Å². The molecule has 1 aromatic carbocycles. The molecule has 1 heterocycles. The lowest BCUT2D eigenvalue weighted by Crippen LogP contribution is -2.37. The Morgan fingerprint density at radius 2 is 2.00 bits per heavy atom. The van der Waals surface area contributed by atoms with E-state index in [1.54, 1.807) is 17.9 Å². The van der Waals surface area contributed by atoms with Gasteiger partial charge in [-0.1, -0.05) is 36.9 Å². The lowest BCUT2D eigenvalue weighted by Gasteiger charge is -2.32. The highest BCUT2D eigenvalue weighted by atomic mass is 35.5. The number of nitrogens with zero attached hydrogens (tertiary/aromatic N) is 1. The van der Waals surface area contributed by atoms with E-state index in [0.717, 1.165) is 32.1 Å². The molecule has 1 aromatic rings. The smallest absolute Gasteiger partial charge is 0.340 e. The van der Waals surface area contributed by atoms with Crippen molar-refractivity contribution in [1.82, 2.24) is 4.90 Å². The van der Waals surface area contributed by atoms with Gasteiger partial charge in [0.15, 0.2) is 0 Å². The third kappa shape index (κ3) is 3.28. The van der Waals surface area contributed by atoms with Crippen LogP contribution in [0, 0.1) is 5.82 Å². The maximum atomic E-state index is 14.2. The van der Waals surface area contributed by atoms with E-state index in [9.17, 15) is 14.0 Å². The van der Waals surface area contributed by atoms with Gasteiger partial charge in [0.05, 0.1) is 23.3 Å². The van der Waals surface area contributed by atoms with Crippen LogP contribution in [0.2, 0.25) is 5.02 Å². The zero-order valence-electron chi connectivity index (χ0n) is 14.9. The first-order valence-corrected chi connectivity index (χ1v) is 9.12. The number of hydrogen-bond acceptors (Lipinski definition) is 3. The molecule has 1 aliphatic heterocycles. The van der Waals surface area contributed by atoms with Crippen LogP contribution >= 0.6 is 11.6 Å². The molecule has 0 atom stereocenters. The van der Waals surface area contributed by atoms with Gasteiger partial charge < -0.3 is 9.64 Å². The largest absolute Gasteiger partial charge is 0.465 e. The van der Waals surface area contributed by atoms with E-state index in [4.69, 9.17) is 16.3 Å². The normalized spacial score (nSPS) is 20.2. The number of benzene rings is 1. The average Bonchev–Trinajstić information content (AvgIpc) is 2.88. The van der Waals surface area contributed by atoms with E-state index in [0.29, 0.717) is 5.70 Å². The van der Waals surface area contributed by atoms with Crippen LogP contribution < -0.4 is 0 Å². The van der Waals surface area contributed by atoms with Crippen molar-refractivity contribution < 1.29 is 18.7 Å². The highest BCUT2D eigenvalue weighted by molar-refractivity contribution is 6.32. The topological polar surface area (TPSA) is 46.6 Å². The molecule has 138 valence electrons. The summed E-state index contributed by atoms with van der Waals surface area (Å²) in [6, 6.07) is 4.36. The summed E-state index contributed by atoms with van der Waals surface area (Å²) >= 11 is 6.10. The Morgan fingerprint density at radius 1 is 1.31 bits per heavy atom. The monoisotopic (exact) mass is 377 g/mol. The highest BCUT2D eigenvalue weighted by Gasteiger charge is 2.40. The molecule has 3 rings (SSSR count). The zero-order valence-corrected chi connectivity index (χ0v) is 15.6. The minimum atomic E-state index is -0.604. The third-order valence-electron chi connectivity index (χ3n) is 5.06. The van der Waals surface area contributed by atoms with E-state index in [2.05, 4.69) is 0 Å². The Bertz CT molecular complexity index is 789. The van der Waals surface area contributed by atoms with Crippen LogP contribution in [-0.2, 0) is 14.3 Å². The van der Waals surface area contributed by atoms with Crippen LogP contribution in [0.15, 0.2) is 35.0 Å². The molecule has 0 aromatic heterocycles. The Kier molecular flexibility index (Phi) is 5.47. The fourth-order valence-corrected chi connectivity index (χ4v) is 3.99. The number of carbonyl (C=O) groups excluding carboxylic acids is 2. The lowest BCUT2D eigenvalue weighted by molar-refractivity contribution is -0.136. The number of methoxy groups -OCH3 is 1. The van der Waals surface area contributed by atoms with E-state index in [1.807, 2.05) is 0 Å². The number of amides is 1. The molecular formula is C20H21ClFNO3. The summed E-state index contributed by atoms with van der Waals surface area (Å²) in [5.74, 6) is -1.45.